The molecule has 0 bridgehead atoms. The second kappa shape index (κ2) is 6.00. The summed E-state index contributed by atoms with van der Waals surface area (Å²) in [5, 5.41) is 8.92. The van der Waals surface area contributed by atoms with Crippen LogP contribution in [0.1, 0.15) is 15.9 Å². The van der Waals surface area contributed by atoms with Gasteiger partial charge in [-0.15, -0.1) is 0 Å². The second-order valence-corrected chi connectivity index (χ2v) is 6.03. The average Bonchev–Trinajstić information content (AvgIpc) is 2.53. The number of fused-ring (bicyclic) bond motifs is 1. The minimum Gasteiger partial charge on any atom is -0.478 e. The van der Waals surface area contributed by atoms with Crippen LogP contribution in [0.5, 0.6) is 0 Å². The number of aromatic carboxylic acids is 1. The molecular weight excluding hydrogens is 298 g/mol. The van der Waals surface area contributed by atoms with Crippen LogP contribution in [-0.4, -0.2) is 76.9 Å². The van der Waals surface area contributed by atoms with Gasteiger partial charge in [0, 0.05) is 33.2 Å². The summed E-state index contributed by atoms with van der Waals surface area (Å²) in [6.45, 7) is 2.56. The van der Waals surface area contributed by atoms with Gasteiger partial charge in [0.15, 0.2) is 0 Å². The Kier molecular flexibility index (Phi) is 4.04. The highest BCUT2D eigenvalue weighted by Gasteiger charge is 2.41. The molecule has 2 aliphatic heterocycles. The van der Waals surface area contributed by atoms with Gasteiger partial charge in [-0.1, -0.05) is 12.1 Å². The fraction of sp³-hybridized carbons (Fsp3) is 0.438. The number of amides is 2. The van der Waals surface area contributed by atoms with Gasteiger partial charge < -0.3 is 14.9 Å². The molecule has 2 heterocycles. The Morgan fingerprint density at radius 1 is 1.22 bits per heavy atom. The average molecular weight is 317 g/mol. The summed E-state index contributed by atoms with van der Waals surface area (Å²) in [6, 6.07) is 6.33. The molecule has 1 aromatic carbocycles. The molecular formula is C16H19N3O4. The van der Waals surface area contributed by atoms with Crippen molar-refractivity contribution in [1.82, 2.24) is 14.7 Å². The van der Waals surface area contributed by atoms with E-state index in [9.17, 15) is 14.4 Å². The van der Waals surface area contributed by atoms with Gasteiger partial charge in [0.05, 0.1) is 12.1 Å². The van der Waals surface area contributed by atoms with Crippen molar-refractivity contribution in [2.75, 3.05) is 33.2 Å². The Hall–Kier alpha value is -2.41. The number of carbonyl (C=O) groups excluding carboxylic acids is 2. The summed E-state index contributed by atoms with van der Waals surface area (Å²) >= 11 is 0. The zero-order valence-electron chi connectivity index (χ0n) is 12.9. The SMILES string of the molecule is CN1CC(=O)N2CCN(Cc3ccc(C(=O)O)cc3)C[C@@H]2C1=O. The van der Waals surface area contributed by atoms with Crippen molar-refractivity contribution in [1.29, 1.82) is 0 Å². The molecule has 2 amide bonds. The van der Waals surface area contributed by atoms with Crippen molar-refractivity contribution < 1.29 is 19.5 Å². The smallest absolute Gasteiger partial charge is 0.335 e. The van der Waals surface area contributed by atoms with E-state index in [-0.39, 0.29) is 23.9 Å². The summed E-state index contributed by atoms with van der Waals surface area (Å²) in [6.07, 6.45) is 0. The van der Waals surface area contributed by atoms with Crippen LogP contribution in [0.2, 0.25) is 0 Å². The summed E-state index contributed by atoms with van der Waals surface area (Å²) < 4.78 is 0. The standard InChI is InChI=1S/C16H19N3O4/c1-17-10-14(20)19-7-6-18(9-13(19)15(17)21)8-11-2-4-12(5-3-11)16(22)23/h2-5,13H,6-10H2,1H3,(H,22,23)/t13-/m1/s1. The van der Waals surface area contributed by atoms with E-state index >= 15 is 0 Å². The predicted molar refractivity (Wildman–Crippen MR) is 81.8 cm³/mol. The third kappa shape index (κ3) is 3.05. The van der Waals surface area contributed by atoms with Crippen molar-refractivity contribution in [2.45, 2.75) is 12.6 Å². The van der Waals surface area contributed by atoms with Gasteiger partial charge >= 0.3 is 5.97 Å². The highest BCUT2D eigenvalue weighted by molar-refractivity contribution is 5.95. The lowest BCUT2D eigenvalue weighted by molar-refractivity contribution is -0.158. The molecule has 2 saturated heterocycles. The summed E-state index contributed by atoms with van der Waals surface area (Å²) in [5.74, 6) is -0.961. The molecule has 1 N–H and O–H groups in total. The maximum absolute atomic E-state index is 12.3. The highest BCUT2D eigenvalue weighted by Crippen LogP contribution is 2.19. The fourth-order valence-electron chi connectivity index (χ4n) is 3.13. The lowest BCUT2D eigenvalue weighted by Crippen LogP contribution is -2.65. The van der Waals surface area contributed by atoms with Gasteiger partial charge in [0.2, 0.25) is 11.8 Å². The van der Waals surface area contributed by atoms with Crippen LogP contribution in [0.25, 0.3) is 0 Å². The van der Waals surface area contributed by atoms with Gasteiger partial charge in [0.1, 0.15) is 6.04 Å². The number of hydrogen-bond donors (Lipinski definition) is 1. The molecule has 3 rings (SSSR count). The van der Waals surface area contributed by atoms with Crippen LogP contribution in [-0.2, 0) is 16.1 Å². The van der Waals surface area contributed by atoms with Crippen molar-refractivity contribution >= 4 is 17.8 Å². The maximum atomic E-state index is 12.3. The zero-order chi connectivity index (χ0) is 16.6. The molecule has 7 nitrogen and oxygen atoms in total. The molecule has 23 heavy (non-hydrogen) atoms. The normalized spacial score (nSPS) is 22.2. The molecule has 1 aromatic rings. The minimum atomic E-state index is -0.945. The summed E-state index contributed by atoms with van der Waals surface area (Å²) in [7, 11) is 1.65. The van der Waals surface area contributed by atoms with Gasteiger partial charge in [-0.2, -0.15) is 0 Å². The van der Waals surface area contributed by atoms with E-state index in [0.717, 1.165) is 5.56 Å². The lowest BCUT2D eigenvalue weighted by atomic mass is 10.1. The Balaban J connectivity index is 1.67. The fourth-order valence-corrected chi connectivity index (χ4v) is 3.13. The van der Waals surface area contributed by atoms with Crippen molar-refractivity contribution in [3.63, 3.8) is 0 Å². The Morgan fingerprint density at radius 2 is 1.91 bits per heavy atom. The Labute approximate surface area is 134 Å². The largest absolute Gasteiger partial charge is 0.478 e. The highest BCUT2D eigenvalue weighted by atomic mass is 16.4. The first kappa shape index (κ1) is 15.5. The summed E-state index contributed by atoms with van der Waals surface area (Å²) in [4.78, 5) is 40.4. The molecule has 2 aliphatic rings. The monoisotopic (exact) mass is 317 g/mol. The third-order valence-corrected chi connectivity index (χ3v) is 4.43. The quantitative estimate of drug-likeness (QED) is 0.840. The lowest BCUT2D eigenvalue weighted by Gasteiger charge is -2.45. The van der Waals surface area contributed by atoms with Crippen LogP contribution in [0, 0.1) is 0 Å². The molecule has 0 aromatic heterocycles. The van der Waals surface area contributed by atoms with Gasteiger partial charge in [0.25, 0.3) is 0 Å². The number of carboxylic acid groups (broad SMARTS) is 1. The molecule has 0 spiro atoms. The Bertz CT molecular complexity index is 643. The molecule has 1 atom stereocenters. The van der Waals surface area contributed by atoms with E-state index in [2.05, 4.69) is 4.90 Å². The van der Waals surface area contributed by atoms with Crippen LogP contribution in [0.4, 0.5) is 0 Å². The first-order valence-corrected chi connectivity index (χ1v) is 7.55. The molecule has 2 fully saturated rings. The van der Waals surface area contributed by atoms with Gasteiger partial charge in [-0.3, -0.25) is 14.5 Å². The number of carbonyl (C=O) groups is 3. The predicted octanol–water partition coefficient (Wildman–Crippen LogP) is -0.130. The van der Waals surface area contributed by atoms with E-state index in [0.29, 0.717) is 26.2 Å². The van der Waals surface area contributed by atoms with Crippen molar-refractivity contribution in [3.05, 3.63) is 35.4 Å². The molecule has 0 saturated carbocycles. The topological polar surface area (TPSA) is 81.2 Å². The number of carboxylic acids is 1. The first-order chi connectivity index (χ1) is 11.0. The maximum Gasteiger partial charge on any atom is 0.335 e. The molecule has 122 valence electrons. The van der Waals surface area contributed by atoms with Crippen LogP contribution < -0.4 is 0 Å². The minimum absolute atomic E-state index is 0.00237. The second-order valence-electron chi connectivity index (χ2n) is 6.03. The number of hydrogen-bond acceptors (Lipinski definition) is 4. The van der Waals surface area contributed by atoms with E-state index in [4.69, 9.17) is 5.11 Å². The van der Waals surface area contributed by atoms with E-state index in [1.807, 2.05) is 0 Å². The Morgan fingerprint density at radius 3 is 2.57 bits per heavy atom. The number of piperazine rings is 2. The van der Waals surface area contributed by atoms with Crippen LogP contribution in [0.15, 0.2) is 24.3 Å². The van der Waals surface area contributed by atoms with Crippen LogP contribution in [0.3, 0.4) is 0 Å². The number of rotatable bonds is 3. The molecule has 7 heteroatoms. The van der Waals surface area contributed by atoms with Gasteiger partial charge in [-0.05, 0) is 17.7 Å². The zero-order valence-corrected chi connectivity index (χ0v) is 12.9. The number of nitrogens with zero attached hydrogens (tertiary/aromatic N) is 3. The van der Waals surface area contributed by atoms with E-state index < -0.39 is 12.0 Å². The van der Waals surface area contributed by atoms with E-state index in [1.165, 1.54) is 4.90 Å². The van der Waals surface area contributed by atoms with Crippen molar-refractivity contribution in [2.24, 2.45) is 0 Å². The van der Waals surface area contributed by atoms with E-state index in [1.54, 1.807) is 36.2 Å². The molecule has 0 radical (unpaired) electrons. The number of benzene rings is 1. The first-order valence-electron chi connectivity index (χ1n) is 7.55. The van der Waals surface area contributed by atoms with Gasteiger partial charge in [-0.25, -0.2) is 4.79 Å². The molecule has 0 aliphatic carbocycles. The summed E-state index contributed by atoms with van der Waals surface area (Å²) in [5.41, 5.74) is 1.25. The number of likely N-dealkylation sites (N-methyl/N-ethyl adjacent to an activating group) is 1. The van der Waals surface area contributed by atoms with Crippen molar-refractivity contribution in [3.8, 4) is 0 Å². The molecule has 0 unspecified atom stereocenters. The van der Waals surface area contributed by atoms with Crippen LogP contribution >= 0.6 is 0 Å². The third-order valence-electron chi connectivity index (χ3n) is 4.43.